The number of hydrogen-bond acceptors (Lipinski definition) is 5. The van der Waals surface area contributed by atoms with Crippen LogP contribution >= 0.6 is 23.2 Å². The predicted octanol–water partition coefficient (Wildman–Crippen LogP) is 4.25. The van der Waals surface area contributed by atoms with Gasteiger partial charge in [-0.2, -0.15) is 0 Å². The first-order chi connectivity index (χ1) is 11.3. The van der Waals surface area contributed by atoms with Gasteiger partial charge in [0.2, 0.25) is 5.78 Å². The van der Waals surface area contributed by atoms with Gasteiger partial charge >= 0.3 is 5.97 Å². The number of ketones is 1. The smallest absolute Gasteiger partial charge is 0.340 e. The topological polar surface area (TPSA) is 86.5 Å². The van der Waals surface area contributed by atoms with Crippen LogP contribution in [0.1, 0.15) is 26.3 Å². The van der Waals surface area contributed by atoms with E-state index in [-0.39, 0.29) is 21.8 Å². The van der Waals surface area contributed by atoms with Gasteiger partial charge in [0.15, 0.2) is 6.61 Å². The molecule has 0 amide bonds. The molecule has 2 aromatic carbocycles. The van der Waals surface area contributed by atoms with Crippen molar-refractivity contribution in [3.63, 3.8) is 0 Å². The monoisotopic (exact) mass is 367 g/mol. The van der Waals surface area contributed by atoms with Crippen LogP contribution in [0.25, 0.3) is 0 Å². The van der Waals surface area contributed by atoms with Crippen LogP contribution < -0.4 is 0 Å². The first-order valence-electron chi connectivity index (χ1n) is 6.70. The number of halogens is 2. The molecule has 2 aromatic rings. The highest BCUT2D eigenvalue weighted by molar-refractivity contribution is 6.35. The van der Waals surface area contributed by atoms with Crippen molar-refractivity contribution in [2.24, 2.45) is 0 Å². The Kier molecular flexibility index (Phi) is 5.54. The number of nitrogens with zero attached hydrogens (tertiary/aromatic N) is 1. The van der Waals surface area contributed by atoms with Gasteiger partial charge in [-0.3, -0.25) is 14.9 Å². The maximum absolute atomic E-state index is 12.1. The lowest BCUT2D eigenvalue weighted by Gasteiger charge is -2.07. The number of rotatable bonds is 5. The molecule has 0 heterocycles. The summed E-state index contributed by atoms with van der Waals surface area (Å²) in [6.45, 7) is 0.995. The molecule has 0 unspecified atom stereocenters. The van der Waals surface area contributed by atoms with Gasteiger partial charge in [-0.1, -0.05) is 35.3 Å². The zero-order valence-electron chi connectivity index (χ0n) is 12.4. The van der Waals surface area contributed by atoms with Crippen LogP contribution in [0.2, 0.25) is 10.0 Å². The molecule has 0 aliphatic heterocycles. The van der Waals surface area contributed by atoms with Crippen LogP contribution in [0.5, 0.6) is 0 Å². The molecule has 0 aliphatic carbocycles. The summed E-state index contributed by atoms with van der Waals surface area (Å²) in [7, 11) is 0. The molecule has 0 fully saturated rings. The number of aryl methyl sites for hydroxylation is 1. The second-order valence-electron chi connectivity index (χ2n) is 4.88. The van der Waals surface area contributed by atoms with E-state index < -0.39 is 23.3 Å². The van der Waals surface area contributed by atoms with E-state index in [9.17, 15) is 19.7 Å². The lowest BCUT2D eigenvalue weighted by atomic mass is 10.1. The van der Waals surface area contributed by atoms with Crippen LogP contribution in [0.4, 0.5) is 5.69 Å². The van der Waals surface area contributed by atoms with E-state index in [4.69, 9.17) is 27.9 Å². The Morgan fingerprint density at radius 1 is 1.17 bits per heavy atom. The maximum Gasteiger partial charge on any atom is 0.340 e. The molecule has 2 rings (SSSR count). The highest BCUT2D eigenvalue weighted by Gasteiger charge is 2.18. The van der Waals surface area contributed by atoms with Gasteiger partial charge in [0, 0.05) is 22.2 Å². The molecule has 0 aromatic heterocycles. The molecule has 24 heavy (non-hydrogen) atoms. The van der Waals surface area contributed by atoms with Gasteiger partial charge in [-0.25, -0.2) is 4.79 Å². The van der Waals surface area contributed by atoms with Crippen molar-refractivity contribution < 1.29 is 19.2 Å². The summed E-state index contributed by atoms with van der Waals surface area (Å²) < 4.78 is 4.91. The van der Waals surface area contributed by atoms with Gasteiger partial charge in [-0.15, -0.1) is 0 Å². The molecular weight excluding hydrogens is 357 g/mol. The Labute approximate surface area is 147 Å². The highest BCUT2D eigenvalue weighted by Crippen LogP contribution is 2.22. The first-order valence-corrected chi connectivity index (χ1v) is 7.45. The zero-order chi connectivity index (χ0) is 17.9. The Bertz CT molecular complexity index is 835. The van der Waals surface area contributed by atoms with Crippen LogP contribution in [0.15, 0.2) is 36.4 Å². The Morgan fingerprint density at radius 2 is 1.88 bits per heavy atom. The Hall–Kier alpha value is -2.44. The minimum Gasteiger partial charge on any atom is -0.454 e. The van der Waals surface area contributed by atoms with Crippen LogP contribution in [-0.2, 0) is 4.74 Å². The number of carbonyl (C=O) groups is 2. The highest BCUT2D eigenvalue weighted by atomic mass is 35.5. The summed E-state index contributed by atoms with van der Waals surface area (Å²) >= 11 is 11.7. The molecule has 0 spiro atoms. The number of esters is 1. The molecule has 0 aliphatic rings. The average Bonchev–Trinajstić information content (AvgIpc) is 2.54. The van der Waals surface area contributed by atoms with E-state index >= 15 is 0 Å². The molecular formula is C16H11Cl2NO5. The summed E-state index contributed by atoms with van der Waals surface area (Å²) in [5.74, 6) is -1.37. The van der Waals surface area contributed by atoms with Crippen molar-refractivity contribution in [1.29, 1.82) is 0 Å². The fraction of sp³-hybridized carbons (Fsp3) is 0.125. The maximum atomic E-state index is 12.1. The minimum absolute atomic E-state index is 0.0341. The summed E-state index contributed by atoms with van der Waals surface area (Å²) in [6, 6.07) is 8.32. The molecule has 0 atom stereocenters. The summed E-state index contributed by atoms with van der Waals surface area (Å²) in [5, 5.41) is 11.3. The Morgan fingerprint density at radius 3 is 2.54 bits per heavy atom. The molecule has 0 saturated heterocycles. The van der Waals surface area contributed by atoms with Gasteiger partial charge in [0.25, 0.3) is 5.69 Å². The SMILES string of the molecule is Cc1ccc(C(=O)COC(=O)c2cc(Cl)ccc2Cl)cc1[N+](=O)[O-]. The molecule has 0 bridgehead atoms. The second kappa shape index (κ2) is 7.42. The molecule has 0 saturated carbocycles. The summed E-state index contributed by atoms with van der Waals surface area (Å²) in [4.78, 5) is 34.3. The average molecular weight is 368 g/mol. The number of nitro benzene ring substituents is 1. The number of Topliss-reactive ketones (excluding diaryl/α,β-unsaturated/α-hetero) is 1. The van der Waals surface area contributed by atoms with E-state index in [0.717, 1.165) is 6.07 Å². The van der Waals surface area contributed by atoms with Crippen molar-refractivity contribution >= 4 is 40.6 Å². The Balaban J connectivity index is 2.10. The zero-order valence-corrected chi connectivity index (χ0v) is 13.9. The van der Waals surface area contributed by atoms with Crippen LogP contribution in [-0.4, -0.2) is 23.3 Å². The first kappa shape index (κ1) is 17.9. The third kappa shape index (κ3) is 4.10. The number of nitro groups is 1. The largest absolute Gasteiger partial charge is 0.454 e. The molecule has 0 N–H and O–H groups in total. The van der Waals surface area contributed by atoms with Crippen molar-refractivity contribution in [3.8, 4) is 0 Å². The van der Waals surface area contributed by atoms with E-state index in [1.807, 2.05) is 0 Å². The molecule has 6 nitrogen and oxygen atoms in total. The van der Waals surface area contributed by atoms with Gasteiger partial charge in [0.1, 0.15) is 0 Å². The van der Waals surface area contributed by atoms with Gasteiger partial charge in [-0.05, 0) is 25.1 Å². The molecule has 8 heteroatoms. The fourth-order valence-electron chi connectivity index (χ4n) is 1.93. The van der Waals surface area contributed by atoms with Gasteiger partial charge < -0.3 is 4.74 Å². The molecule has 124 valence electrons. The van der Waals surface area contributed by atoms with E-state index in [1.165, 1.54) is 30.3 Å². The predicted molar refractivity (Wildman–Crippen MR) is 88.9 cm³/mol. The van der Waals surface area contributed by atoms with Gasteiger partial charge in [0.05, 0.1) is 15.5 Å². The second-order valence-corrected chi connectivity index (χ2v) is 5.73. The summed E-state index contributed by atoms with van der Waals surface area (Å²) in [6.07, 6.45) is 0. The number of hydrogen-bond donors (Lipinski definition) is 0. The fourth-order valence-corrected chi connectivity index (χ4v) is 2.29. The van der Waals surface area contributed by atoms with E-state index in [2.05, 4.69) is 0 Å². The lowest BCUT2D eigenvalue weighted by Crippen LogP contribution is -2.15. The molecule has 0 radical (unpaired) electrons. The van der Waals surface area contributed by atoms with E-state index in [1.54, 1.807) is 6.92 Å². The number of carbonyl (C=O) groups excluding carboxylic acids is 2. The quantitative estimate of drug-likeness (QED) is 0.341. The third-order valence-electron chi connectivity index (χ3n) is 3.21. The van der Waals surface area contributed by atoms with Crippen molar-refractivity contribution in [3.05, 3.63) is 73.2 Å². The van der Waals surface area contributed by atoms with E-state index in [0.29, 0.717) is 10.6 Å². The minimum atomic E-state index is -0.808. The van der Waals surface area contributed by atoms with Crippen molar-refractivity contribution in [1.82, 2.24) is 0 Å². The number of benzene rings is 2. The van der Waals surface area contributed by atoms with Crippen molar-refractivity contribution in [2.75, 3.05) is 6.61 Å². The lowest BCUT2D eigenvalue weighted by molar-refractivity contribution is -0.385. The van der Waals surface area contributed by atoms with Crippen LogP contribution in [0, 0.1) is 17.0 Å². The summed E-state index contributed by atoms with van der Waals surface area (Å²) in [5.41, 5.74) is 0.369. The standard InChI is InChI=1S/C16H11Cl2NO5/c1-9-2-3-10(6-14(9)19(22)23)15(20)8-24-16(21)12-7-11(17)4-5-13(12)18/h2-7H,8H2,1H3. The third-order valence-corrected chi connectivity index (χ3v) is 3.78. The normalized spacial score (nSPS) is 10.3. The van der Waals surface area contributed by atoms with Crippen LogP contribution in [0.3, 0.4) is 0 Å². The number of ether oxygens (including phenoxy) is 1. The van der Waals surface area contributed by atoms with Crippen molar-refractivity contribution in [2.45, 2.75) is 6.92 Å².